The molecular weight excluding hydrogens is 354 g/mol. The van der Waals surface area contributed by atoms with Crippen molar-refractivity contribution < 1.29 is 19.4 Å². The highest BCUT2D eigenvalue weighted by Crippen LogP contribution is 2.13. The number of carboxylic acids is 1. The second-order valence-electron chi connectivity index (χ2n) is 4.84. The Morgan fingerprint density at radius 1 is 1.50 bits per heavy atom. The molecule has 24 heavy (non-hydrogen) atoms. The van der Waals surface area contributed by atoms with E-state index in [-0.39, 0.29) is 36.9 Å². The predicted octanol–water partition coefficient (Wildman–Crippen LogP) is 0.549. The first-order valence-electron chi connectivity index (χ1n) is 7.03. The summed E-state index contributed by atoms with van der Waals surface area (Å²) in [5, 5.41) is 10.6. The van der Waals surface area contributed by atoms with Crippen LogP contribution in [0.25, 0.3) is 4.96 Å². The molecular formula is C14H17N3O5S2. The van der Waals surface area contributed by atoms with Gasteiger partial charge in [0, 0.05) is 37.1 Å². The fourth-order valence-corrected chi connectivity index (χ4v) is 3.51. The van der Waals surface area contributed by atoms with Crippen LogP contribution in [0.3, 0.4) is 0 Å². The Balaban J connectivity index is 1.91. The van der Waals surface area contributed by atoms with Gasteiger partial charge in [0.15, 0.2) is 4.96 Å². The SMILES string of the molecule is COCCN(CC(=O)O)C(=O)CSCc1cc(=O)n2ccsc2n1. The van der Waals surface area contributed by atoms with Crippen molar-refractivity contribution in [3.8, 4) is 0 Å². The fraction of sp³-hybridized carbons (Fsp3) is 0.429. The minimum Gasteiger partial charge on any atom is -0.480 e. The van der Waals surface area contributed by atoms with E-state index in [1.165, 1.54) is 45.6 Å². The predicted molar refractivity (Wildman–Crippen MR) is 91.6 cm³/mol. The van der Waals surface area contributed by atoms with Gasteiger partial charge >= 0.3 is 5.97 Å². The summed E-state index contributed by atoms with van der Waals surface area (Å²) in [4.78, 5) is 41.0. The lowest BCUT2D eigenvalue weighted by Gasteiger charge is -2.20. The zero-order chi connectivity index (χ0) is 17.5. The van der Waals surface area contributed by atoms with Crippen LogP contribution in [0.5, 0.6) is 0 Å². The number of carboxylic acid groups (broad SMARTS) is 1. The van der Waals surface area contributed by atoms with Crippen LogP contribution in [0.4, 0.5) is 0 Å². The second kappa shape index (κ2) is 8.81. The minimum atomic E-state index is -1.07. The molecule has 0 fully saturated rings. The molecule has 0 bridgehead atoms. The molecule has 0 unspecified atom stereocenters. The van der Waals surface area contributed by atoms with E-state index >= 15 is 0 Å². The van der Waals surface area contributed by atoms with Crippen molar-refractivity contribution in [2.24, 2.45) is 0 Å². The lowest BCUT2D eigenvalue weighted by Crippen LogP contribution is -2.39. The van der Waals surface area contributed by atoms with Crippen molar-refractivity contribution in [3.63, 3.8) is 0 Å². The molecule has 130 valence electrons. The van der Waals surface area contributed by atoms with Crippen molar-refractivity contribution in [1.29, 1.82) is 0 Å². The highest BCUT2D eigenvalue weighted by Gasteiger charge is 2.16. The number of aliphatic carboxylic acids is 1. The molecule has 10 heteroatoms. The monoisotopic (exact) mass is 371 g/mol. The van der Waals surface area contributed by atoms with Gasteiger partial charge in [-0.15, -0.1) is 23.1 Å². The molecule has 0 radical (unpaired) electrons. The van der Waals surface area contributed by atoms with E-state index in [9.17, 15) is 14.4 Å². The smallest absolute Gasteiger partial charge is 0.323 e. The number of ether oxygens (including phenoxy) is 1. The molecule has 0 aliphatic carbocycles. The van der Waals surface area contributed by atoms with Gasteiger partial charge in [-0.1, -0.05) is 0 Å². The van der Waals surface area contributed by atoms with Gasteiger partial charge < -0.3 is 14.7 Å². The first-order chi connectivity index (χ1) is 11.5. The number of amides is 1. The number of thiazole rings is 1. The average Bonchev–Trinajstić information content (AvgIpc) is 3.00. The lowest BCUT2D eigenvalue weighted by atomic mass is 10.4. The number of carbonyl (C=O) groups is 2. The van der Waals surface area contributed by atoms with Gasteiger partial charge in [0.2, 0.25) is 5.91 Å². The molecule has 0 aliphatic rings. The summed E-state index contributed by atoms with van der Waals surface area (Å²) in [7, 11) is 1.49. The summed E-state index contributed by atoms with van der Waals surface area (Å²) in [6, 6.07) is 1.44. The zero-order valence-corrected chi connectivity index (χ0v) is 14.6. The number of carbonyl (C=O) groups excluding carboxylic acids is 1. The molecule has 2 heterocycles. The summed E-state index contributed by atoms with van der Waals surface area (Å²) < 4.78 is 6.35. The number of rotatable bonds is 9. The van der Waals surface area contributed by atoms with Crippen molar-refractivity contribution in [2.45, 2.75) is 5.75 Å². The van der Waals surface area contributed by atoms with Crippen LogP contribution in [0.1, 0.15) is 5.69 Å². The number of nitrogens with zero attached hydrogens (tertiary/aromatic N) is 3. The van der Waals surface area contributed by atoms with Crippen LogP contribution < -0.4 is 5.56 Å². The van der Waals surface area contributed by atoms with E-state index in [1.54, 1.807) is 11.6 Å². The zero-order valence-electron chi connectivity index (χ0n) is 13.0. The topological polar surface area (TPSA) is 101 Å². The van der Waals surface area contributed by atoms with Crippen molar-refractivity contribution in [2.75, 3.05) is 32.6 Å². The molecule has 2 rings (SSSR count). The van der Waals surface area contributed by atoms with Gasteiger partial charge in [-0.25, -0.2) is 4.98 Å². The quantitative estimate of drug-likeness (QED) is 0.687. The minimum absolute atomic E-state index is 0.114. The molecule has 0 saturated heterocycles. The third-order valence-electron chi connectivity index (χ3n) is 3.08. The van der Waals surface area contributed by atoms with E-state index in [0.717, 1.165) is 0 Å². The lowest BCUT2D eigenvalue weighted by molar-refractivity contribution is -0.143. The molecule has 1 N–H and O–H groups in total. The van der Waals surface area contributed by atoms with Crippen LogP contribution in [0.15, 0.2) is 22.4 Å². The molecule has 0 spiro atoms. The number of hydrogen-bond donors (Lipinski definition) is 1. The highest BCUT2D eigenvalue weighted by atomic mass is 32.2. The highest BCUT2D eigenvalue weighted by molar-refractivity contribution is 7.99. The van der Waals surface area contributed by atoms with Crippen LogP contribution in [-0.2, 0) is 20.1 Å². The maximum absolute atomic E-state index is 12.1. The largest absolute Gasteiger partial charge is 0.480 e. The summed E-state index contributed by atoms with van der Waals surface area (Å²) in [6.45, 7) is 0.142. The summed E-state index contributed by atoms with van der Waals surface area (Å²) in [6.07, 6.45) is 1.66. The van der Waals surface area contributed by atoms with Gasteiger partial charge in [0.1, 0.15) is 6.54 Å². The van der Waals surface area contributed by atoms with E-state index < -0.39 is 5.97 Å². The van der Waals surface area contributed by atoms with Gasteiger partial charge in [0.05, 0.1) is 18.1 Å². The van der Waals surface area contributed by atoms with Crippen LogP contribution in [0.2, 0.25) is 0 Å². The van der Waals surface area contributed by atoms with E-state index in [4.69, 9.17) is 9.84 Å². The van der Waals surface area contributed by atoms with Gasteiger partial charge in [-0.2, -0.15) is 0 Å². The normalized spacial score (nSPS) is 10.9. The molecule has 0 aliphatic heterocycles. The van der Waals surface area contributed by atoms with E-state index in [0.29, 0.717) is 16.4 Å². The van der Waals surface area contributed by atoms with E-state index in [1.807, 2.05) is 0 Å². The van der Waals surface area contributed by atoms with Gasteiger partial charge in [0.25, 0.3) is 5.56 Å². The summed E-state index contributed by atoms with van der Waals surface area (Å²) in [5.74, 6) is -0.834. The third kappa shape index (κ3) is 5.05. The number of hydrogen-bond acceptors (Lipinski definition) is 7. The molecule has 0 atom stereocenters. The second-order valence-corrected chi connectivity index (χ2v) is 6.69. The Morgan fingerprint density at radius 2 is 2.29 bits per heavy atom. The molecule has 8 nitrogen and oxygen atoms in total. The Kier molecular flexibility index (Phi) is 6.76. The maximum Gasteiger partial charge on any atom is 0.323 e. The molecule has 2 aromatic heterocycles. The first-order valence-corrected chi connectivity index (χ1v) is 9.06. The number of aromatic nitrogens is 2. The molecule has 1 amide bonds. The number of thioether (sulfide) groups is 1. The molecule has 0 aromatic carbocycles. The Morgan fingerprint density at radius 3 is 3.00 bits per heavy atom. The average molecular weight is 371 g/mol. The summed E-state index contributed by atoms with van der Waals surface area (Å²) in [5.41, 5.74) is 0.442. The van der Waals surface area contributed by atoms with Crippen molar-refractivity contribution in [1.82, 2.24) is 14.3 Å². The van der Waals surface area contributed by atoms with Crippen molar-refractivity contribution >= 4 is 39.9 Å². The van der Waals surface area contributed by atoms with Crippen molar-refractivity contribution in [3.05, 3.63) is 33.7 Å². The molecule has 0 saturated carbocycles. The van der Waals surface area contributed by atoms with Gasteiger partial charge in [-0.05, 0) is 0 Å². The van der Waals surface area contributed by atoms with Crippen LogP contribution in [-0.4, -0.2) is 63.8 Å². The summed E-state index contributed by atoms with van der Waals surface area (Å²) >= 11 is 2.66. The first kappa shape index (κ1) is 18.4. The Labute approximate surface area is 146 Å². The molecule has 2 aromatic rings. The van der Waals surface area contributed by atoms with E-state index in [2.05, 4.69) is 4.98 Å². The Bertz CT molecular complexity index is 773. The number of fused-ring (bicyclic) bond motifs is 1. The standard InChI is InChI=1S/C14H17N3O5S2/c1-22-4-2-16(7-13(20)21)12(19)9-23-8-10-6-11(18)17-3-5-24-14(17)15-10/h3,5-6H,2,4,7-9H2,1H3,(H,20,21). The maximum atomic E-state index is 12.1. The van der Waals surface area contributed by atoms with Crippen LogP contribution in [0, 0.1) is 0 Å². The number of methoxy groups -OCH3 is 1. The van der Waals surface area contributed by atoms with Crippen LogP contribution >= 0.6 is 23.1 Å². The Hall–Kier alpha value is -1.91. The van der Waals surface area contributed by atoms with Gasteiger partial charge in [-0.3, -0.25) is 18.8 Å². The third-order valence-corrected chi connectivity index (χ3v) is 4.78. The fourth-order valence-electron chi connectivity index (χ4n) is 1.95.